The molecule has 130 valence electrons. The summed E-state index contributed by atoms with van der Waals surface area (Å²) >= 11 is 0. The van der Waals surface area contributed by atoms with Crippen molar-refractivity contribution < 1.29 is 0 Å². The van der Waals surface area contributed by atoms with E-state index in [0.717, 1.165) is 30.7 Å². The SMILES string of the molecule is CCC(C)c1ccc(CC(C)(CC)NCc2cccc(N)n2)nc1. The van der Waals surface area contributed by atoms with E-state index in [1.54, 1.807) is 0 Å². The number of nitrogens with two attached hydrogens (primary N) is 1. The van der Waals surface area contributed by atoms with Crippen LogP contribution in [0.15, 0.2) is 36.5 Å². The molecule has 4 nitrogen and oxygen atoms in total. The molecular formula is C20H30N4. The van der Waals surface area contributed by atoms with Crippen molar-refractivity contribution in [1.29, 1.82) is 0 Å². The molecule has 3 N–H and O–H groups in total. The first-order chi connectivity index (χ1) is 11.5. The van der Waals surface area contributed by atoms with Crippen molar-refractivity contribution in [3.63, 3.8) is 0 Å². The van der Waals surface area contributed by atoms with Gasteiger partial charge in [-0.1, -0.05) is 32.9 Å². The molecule has 0 radical (unpaired) electrons. The van der Waals surface area contributed by atoms with E-state index in [9.17, 15) is 0 Å². The van der Waals surface area contributed by atoms with Crippen LogP contribution in [-0.4, -0.2) is 15.5 Å². The Morgan fingerprint density at radius 1 is 1.17 bits per heavy atom. The lowest BCUT2D eigenvalue weighted by Crippen LogP contribution is -2.43. The Hall–Kier alpha value is -1.94. The predicted molar refractivity (Wildman–Crippen MR) is 101 cm³/mol. The van der Waals surface area contributed by atoms with Gasteiger partial charge in [-0.05, 0) is 49.4 Å². The summed E-state index contributed by atoms with van der Waals surface area (Å²) in [6, 6.07) is 10.1. The highest BCUT2D eigenvalue weighted by atomic mass is 15.0. The van der Waals surface area contributed by atoms with E-state index in [4.69, 9.17) is 5.73 Å². The maximum absolute atomic E-state index is 5.76. The van der Waals surface area contributed by atoms with Gasteiger partial charge in [0.05, 0.1) is 5.69 Å². The number of rotatable bonds is 8. The third-order valence-electron chi connectivity index (χ3n) is 4.91. The minimum Gasteiger partial charge on any atom is -0.384 e. The fourth-order valence-electron chi connectivity index (χ4n) is 2.68. The lowest BCUT2D eigenvalue weighted by molar-refractivity contribution is 0.333. The first-order valence-electron chi connectivity index (χ1n) is 8.87. The number of aromatic nitrogens is 2. The molecule has 2 heterocycles. The highest BCUT2D eigenvalue weighted by Gasteiger charge is 2.22. The third kappa shape index (κ3) is 5.03. The van der Waals surface area contributed by atoms with E-state index >= 15 is 0 Å². The molecule has 2 atom stereocenters. The van der Waals surface area contributed by atoms with Crippen LogP contribution in [0.4, 0.5) is 5.82 Å². The zero-order valence-electron chi connectivity index (χ0n) is 15.3. The van der Waals surface area contributed by atoms with Crippen LogP contribution in [0.1, 0.15) is 63.4 Å². The lowest BCUT2D eigenvalue weighted by Gasteiger charge is -2.29. The molecule has 2 aromatic heterocycles. The predicted octanol–water partition coefficient (Wildman–Crippen LogP) is 4.07. The van der Waals surface area contributed by atoms with Gasteiger partial charge in [-0.2, -0.15) is 0 Å². The van der Waals surface area contributed by atoms with E-state index in [2.05, 4.69) is 55.1 Å². The van der Waals surface area contributed by atoms with Crippen LogP contribution in [-0.2, 0) is 13.0 Å². The van der Waals surface area contributed by atoms with E-state index in [1.165, 1.54) is 5.56 Å². The Bertz CT molecular complexity index is 638. The minimum absolute atomic E-state index is 0.0167. The standard InChI is InChI=1S/C20H30N4/c1-5-15(3)16-10-11-17(22-13-16)12-20(4,6-2)23-14-18-8-7-9-19(21)24-18/h7-11,13,15,23H,5-6,12,14H2,1-4H3,(H2,21,24). The van der Waals surface area contributed by atoms with Crippen LogP contribution < -0.4 is 11.1 Å². The Labute approximate surface area is 145 Å². The molecule has 2 unspecified atom stereocenters. The quantitative estimate of drug-likeness (QED) is 0.767. The molecule has 0 spiro atoms. The molecule has 2 rings (SSSR count). The highest BCUT2D eigenvalue weighted by Crippen LogP contribution is 2.20. The van der Waals surface area contributed by atoms with Gasteiger partial charge in [0, 0.05) is 30.4 Å². The van der Waals surface area contributed by atoms with Gasteiger partial charge in [-0.15, -0.1) is 0 Å². The van der Waals surface area contributed by atoms with Crippen LogP contribution in [0.25, 0.3) is 0 Å². The summed E-state index contributed by atoms with van der Waals surface area (Å²) in [6.45, 7) is 9.60. The lowest BCUT2D eigenvalue weighted by atomic mass is 9.91. The first kappa shape index (κ1) is 18.4. The summed E-state index contributed by atoms with van der Waals surface area (Å²) < 4.78 is 0. The molecule has 24 heavy (non-hydrogen) atoms. The van der Waals surface area contributed by atoms with Gasteiger partial charge in [0.15, 0.2) is 0 Å². The van der Waals surface area contributed by atoms with E-state index in [0.29, 0.717) is 18.3 Å². The van der Waals surface area contributed by atoms with Gasteiger partial charge in [-0.25, -0.2) is 4.98 Å². The Morgan fingerprint density at radius 2 is 1.96 bits per heavy atom. The zero-order chi connectivity index (χ0) is 17.6. The number of hydrogen-bond acceptors (Lipinski definition) is 4. The molecule has 2 aromatic rings. The fourth-order valence-corrected chi connectivity index (χ4v) is 2.68. The third-order valence-corrected chi connectivity index (χ3v) is 4.91. The van der Waals surface area contributed by atoms with Crippen molar-refractivity contribution in [3.8, 4) is 0 Å². The number of nitrogens with zero attached hydrogens (tertiary/aromatic N) is 2. The van der Waals surface area contributed by atoms with Crippen LogP contribution in [0.2, 0.25) is 0 Å². The second kappa shape index (κ2) is 8.25. The van der Waals surface area contributed by atoms with Crippen LogP contribution >= 0.6 is 0 Å². The normalized spacial score (nSPS) is 15.0. The van der Waals surface area contributed by atoms with Gasteiger partial charge in [0.1, 0.15) is 5.82 Å². The first-order valence-corrected chi connectivity index (χ1v) is 8.87. The van der Waals surface area contributed by atoms with Gasteiger partial charge < -0.3 is 11.1 Å². The zero-order valence-corrected chi connectivity index (χ0v) is 15.3. The second-order valence-corrected chi connectivity index (χ2v) is 6.89. The molecule has 0 saturated carbocycles. The number of nitrogens with one attached hydrogen (secondary N) is 1. The Morgan fingerprint density at radius 3 is 2.54 bits per heavy atom. The van der Waals surface area contributed by atoms with Crippen molar-refractivity contribution in [2.45, 2.75) is 65.0 Å². The molecule has 0 aromatic carbocycles. The van der Waals surface area contributed by atoms with E-state index in [1.807, 2.05) is 24.4 Å². The summed E-state index contributed by atoms with van der Waals surface area (Å²) in [4.78, 5) is 9.03. The molecule has 0 bridgehead atoms. The van der Waals surface area contributed by atoms with Crippen molar-refractivity contribution in [2.75, 3.05) is 5.73 Å². The molecular weight excluding hydrogens is 296 g/mol. The molecule has 0 aliphatic heterocycles. The summed E-state index contributed by atoms with van der Waals surface area (Å²) in [5.74, 6) is 1.13. The maximum Gasteiger partial charge on any atom is 0.123 e. The molecule has 0 amide bonds. The summed E-state index contributed by atoms with van der Waals surface area (Å²) in [5.41, 5.74) is 9.15. The molecule has 0 aliphatic rings. The van der Waals surface area contributed by atoms with Crippen LogP contribution in [0.5, 0.6) is 0 Å². The van der Waals surface area contributed by atoms with E-state index < -0.39 is 0 Å². The summed E-state index contributed by atoms with van der Waals surface area (Å²) in [5, 5.41) is 3.63. The van der Waals surface area contributed by atoms with Crippen LogP contribution in [0.3, 0.4) is 0 Å². The van der Waals surface area contributed by atoms with Gasteiger partial charge in [0.25, 0.3) is 0 Å². The Kier molecular flexibility index (Phi) is 6.32. The topological polar surface area (TPSA) is 63.8 Å². The number of pyridine rings is 2. The van der Waals surface area contributed by atoms with Crippen LogP contribution in [0, 0.1) is 0 Å². The number of hydrogen-bond donors (Lipinski definition) is 2. The fraction of sp³-hybridized carbons (Fsp3) is 0.500. The highest BCUT2D eigenvalue weighted by molar-refractivity contribution is 5.28. The van der Waals surface area contributed by atoms with E-state index in [-0.39, 0.29) is 5.54 Å². The van der Waals surface area contributed by atoms with Gasteiger partial charge in [-0.3, -0.25) is 4.98 Å². The largest absolute Gasteiger partial charge is 0.384 e. The molecule has 0 aliphatic carbocycles. The average molecular weight is 326 g/mol. The molecule has 0 fully saturated rings. The molecule has 4 heteroatoms. The summed E-state index contributed by atoms with van der Waals surface area (Å²) in [6.07, 6.45) is 5.08. The van der Waals surface area contributed by atoms with Gasteiger partial charge >= 0.3 is 0 Å². The minimum atomic E-state index is -0.0167. The number of anilines is 1. The molecule has 0 saturated heterocycles. The van der Waals surface area contributed by atoms with Crippen molar-refractivity contribution in [3.05, 3.63) is 53.5 Å². The smallest absolute Gasteiger partial charge is 0.123 e. The van der Waals surface area contributed by atoms with Crippen molar-refractivity contribution in [2.24, 2.45) is 0 Å². The van der Waals surface area contributed by atoms with Gasteiger partial charge in [0.2, 0.25) is 0 Å². The second-order valence-electron chi connectivity index (χ2n) is 6.89. The monoisotopic (exact) mass is 326 g/mol. The maximum atomic E-state index is 5.76. The average Bonchev–Trinajstić information content (AvgIpc) is 2.60. The van der Waals surface area contributed by atoms with Crippen molar-refractivity contribution >= 4 is 5.82 Å². The Balaban J connectivity index is 2.01. The van der Waals surface area contributed by atoms with Crippen molar-refractivity contribution in [1.82, 2.24) is 15.3 Å². The number of nitrogen functional groups attached to an aromatic ring is 1. The summed E-state index contributed by atoms with van der Waals surface area (Å²) in [7, 11) is 0.